The van der Waals surface area contributed by atoms with Crippen molar-refractivity contribution >= 4 is 11.9 Å². The van der Waals surface area contributed by atoms with Gasteiger partial charge < -0.3 is 25.6 Å². The van der Waals surface area contributed by atoms with Gasteiger partial charge in [0, 0.05) is 6.04 Å². The molecule has 7 nitrogen and oxygen atoms in total. The zero-order valence-electron chi connectivity index (χ0n) is 13.6. The summed E-state index contributed by atoms with van der Waals surface area (Å²) >= 11 is 0. The molecule has 124 valence electrons. The molecule has 0 aromatic carbocycles. The Balaban J connectivity index is 4.17. The van der Waals surface area contributed by atoms with Crippen LogP contribution in [0.1, 0.15) is 47.5 Å². The maximum absolute atomic E-state index is 11.9. The van der Waals surface area contributed by atoms with Crippen molar-refractivity contribution in [2.24, 2.45) is 5.73 Å². The van der Waals surface area contributed by atoms with Gasteiger partial charge in [0.2, 0.25) is 5.91 Å². The van der Waals surface area contributed by atoms with Crippen molar-refractivity contribution in [2.75, 3.05) is 13.3 Å². The predicted molar refractivity (Wildman–Crippen MR) is 78.7 cm³/mol. The Morgan fingerprint density at radius 3 is 2.14 bits per heavy atom. The Labute approximate surface area is 126 Å². The minimum absolute atomic E-state index is 0.0579. The number of amides is 1. The predicted octanol–water partition coefficient (Wildman–Crippen LogP) is 0.863. The lowest BCUT2D eigenvalue weighted by molar-refractivity contribution is -0.144. The van der Waals surface area contributed by atoms with Crippen LogP contribution in [0.2, 0.25) is 0 Å². The average Bonchev–Trinajstić information content (AvgIpc) is 2.23. The van der Waals surface area contributed by atoms with Crippen LogP contribution >= 0.6 is 0 Å². The molecule has 0 aliphatic heterocycles. The van der Waals surface area contributed by atoms with E-state index in [0.717, 1.165) is 0 Å². The number of hydrogen-bond acceptors (Lipinski definition) is 5. The molecule has 0 heterocycles. The molecule has 0 saturated heterocycles. The molecule has 0 rings (SSSR count). The van der Waals surface area contributed by atoms with Crippen molar-refractivity contribution < 1.29 is 24.2 Å². The molecule has 0 fully saturated rings. The van der Waals surface area contributed by atoms with Gasteiger partial charge >= 0.3 is 5.97 Å². The van der Waals surface area contributed by atoms with Crippen molar-refractivity contribution in [3.8, 4) is 0 Å². The number of carbonyl (C=O) groups excluding carboxylic acids is 1. The van der Waals surface area contributed by atoms with E-state index in [0.29, 0.717) is 0 Å². The van der Waals surface area contributed by atoms with Gasteiger partial charge in [-0.15, -0.1) is 0 Å². The zero-order chi connectivity index (χ0) is 16.7. The second kappa shape index (κ2) is 8.31. The summed E-state index contributed by atoms with van der Waals surface area (Å²) in [5.74, 6) is -1.09. The van der Waals surface area contributed by atoms with Gasteiger partial charge in [-0.25, -0.2) is 0 Å². The number of hydrogen-bond donors (Lipinski definition) is 3. The van der Waals surface area contributed by atoms with Crippen molar-refractivity contribution in [1.82, 2.24) is 5.32 Å². The van der Waals surface area contributed by atoms with E-state index < -0.39 is 17.2 Å². The second-order valence-electron chi connectivity index (χ2n) is 6.36. The number of aliphatic carboxylic acids is 1. The molecule has 0 spiro atoms. The Kier molecular flexibility index (Phi) is 7.84. The summed E-state index contributed by atoms with van der Waals surface area (Å²) in [6, 6.07) is -0.223. The molecule has 1 amide bonds. The summed E-state index contributed by atoms with van der Waals surface area (Å²) in [6.07, 6.45) is 0.0953. The highest BCUT2D eigenvalue weighted by molar-refractivity contribution is 5.77. The fourth-order valence-corrected chi connectivity index (χ4v) is 1.80. The van der Waals surface area contributed by atoms with E-state index in [4.69, 9.17) is 20.3 Å². The van der Waals surface area contributed by atoms with Crippen LogP contribution in [0.15, 0.2) is 0 Å². The summed E-state index contributed by atoms with van der Waals surface area (Å²) in [4.78, 5) is 22.5. The van der Waals surface area contributed by atoms with Gasteiger partial charge in [0.1, 0.15) is 0 Å². The summed E-state index contributed by atoms with van der Waals surface area (Å²) < 4.78 is 10.8. The fraction of sp³-hybridized carbons (Fsp3) is 0.857. The third-order valence-corrected chi connectivity index (χ3v) is 2.77. The van der Waals surface area contributed by atoms with Crippen molar-refractivity contribution in [1.29, 1.82) is 0 Å². The van der Waals surface area contributed by atoms with Crippen LogP contribution < -0.4 is 11.1 Å². The molecule has 0 aromatic heterocycles. The number of nitrogens with one attached hydrogen (secondary N) is 1. The average molecular weight is 304 g/mol. The molecule has 4 N–H and O–H groups in total. The van der Waals surface area contributed by atoms with E-state index in [1.165, 1.54) is 0 Å². The summed E-state index contributed by atoms with van der Waals surface area (Å²) in [6.45, 7) is 9.08. The smallest absolute Gasteiger partial charge is 0.306 e. The highest BCUT2D eigenvalue weighted by Crippen LogP contribution is 2.15. The number of ether oxygens (including phenoxy) is 2. The highest BCUT2D eigenvalue weighted by atomic mass is 16.5. The first-order chi connectivity index (χ1) is 9.47. The molecular weight excluding hydrogens is 276 g/mol. The van der Waals surface area contributed by atoms with Gasteiger partial charge in [-0.1, -0.05) is 0 Å². The minimum Gasteiger partial charge on any atom is -0.481 e. The van der Waals surface area contributed by atoms with Gasteiger partial charge in [-0.2, -0.15) is 0 Å². The van der Waals surface area contributed by atoms with E-state index in [1.54, 1.807) is 34.6 Å². The summed E-state index contributed by atoms with van der Waals surface area (Å²) in [5.41, 5.74) is 3.91. The number of carbonyl (C=O) groups is 2. The van der Waals surface area contributed by atoms with Gasteiger partial charge in [-0.05, 0) is 34.6 Å². The lowest BCUT2D eigenvalue weighted by Crippen LogP contribution is -2.42. The Morgan fingerprint density at radius 2 is 1.67 bits per heavy atom. The lowest BCUT2D eigenvalue weighted by Gasteiger charge is -2.27. The zero-order valence-corrected chi connectivity index (χ0v) is 13.6. The first kappa shape index (κ1) is 19.8. The Hall–Kier alpha value is -1.18. The van der Waals surface area contributed by atoms with Gasteiger partial charge in [0.05, 0.1) is 37.4 Å². The largest absolute Gasteiger partial charge is 0.481 e. The molecule has 21 heavy (non-hydrogen) atoms. The van der Waals surface area contributed by atoms with E-state index in [2.05, 4.69) is 5.32 Å². The van der Waals surface area contributed by atoms with Crippen LogP contribution in [0.4, 0.5) is 0 Å². The number of rotatable bonds is 10. The topological polar surface area (TPSA) is 111 Å². The molecule has 0 aliphatic carbocycles. The fourth-order valence-electron chi connectivity index (χ4n) is 1.80. The second-order valence-corrected chi connectivity index (χ2v) is 6.36. The number of carboxylic acids is 1. The molecular formula is C14H28N2O5. The van der Waals surface area contributed by atoms with Gasteiger partial charge in [0.25, 0.3) is 0 Å². The van der Waals surface area contributed by atoms with Crippen molar-refractivity contribution in [3.63, 3.8) is 0 Å². The number of carboxylic acid groups (broad SMARTS) is 1. The molecule has 0 saturated carbocycles. The van der Waals surface area contributed by atoms with Crippen LogP contribution in [0.3, 0.4) is 0 Å². The highest BCUT2D eigenvalue weighted by Gasteiger charge is 2.25. The van der Waals surface area contributed by atoms with E-state index in [9.17, 15) is 9.59 Å². The van der Waals surface area contributed by atoms with Crippen LogP contribution in [0.25, 0.3) is 0 Å². The van der Waals surface area contributed by atoms with E-state index in [1.807, 2.05) is 0 Å². The molecule has 1 unspecified atom stereocenters. The maximum atomic E-state index is 11.9. The quantitative estimate of drug-likeness (QED) is 0.516. The first-order valence-electron chi connectivity index (χ1n) is 6.96. The van der Waals surface area contributed by atoms with Crippen LogP contribution in [-0.4, -0.2) is 47.6 Å². The third kappa shape index (κ3) is 10.2. The molecule has 0 aromatic rings. The van der Waals surface area contributed by atoms with Gasteiger partial charge in [0.15, 0.2) is 0 Å². The van der Waals surface area contributed by atoms with E-state index in [-0.39, 0.29) is 38.1 Å². The Bertz CT molecular complexity index is 355. The van der Waals surface area contributed by atoms with Crippen LogP contribution in [0.5, 0.6) is 0 Å². The lowest BCUT2D eigenvalue weighted by atomic mass is 10.0. The van der Waals surface area contributed by atoms with E-state index >= 15 is 0 Å². The van der Waals surface area contributed by atoms with Crippen molar-refractivity contribution in [2.45, 2.75) is 64.7 Å². The molecule has 7 heteroatoms. The SMILES string of the molecule is CC(COC(C)(C)CC(=O)O)NC(=O)CC(C)(C)OCN. The monoisotopic (exact) mass is 304 g/mol. The number of nitrogens with two attached hydrogens (primary N) is 1. The van der Waals surface area contributed by atoms with Crippen LogP contribution in [0, 0.1) is 0 Å². The van der Waals surface area contributed by atoms with Crippen LogP contribution in [-0.2, 0) is 19.1 Å². The molecule has 0 bridgehead atoms. The molecule has 0 radical (unpaired) electrons. The normalized spacial score (nSPS) is 13.8. The Morgan fingerprint density at radius 1 is 1.14 bits per heavy atom. The van der Waals surface area contributed by atoms with Gasteiger partial charge in [-0.3, -0.25) is 9.59 Å². The first-order valence-corrected chi connectivity index (χ1v) is 6.96. The molecule has 0 aliphatic rings. The molecule has 1 atom stereocenters. The standard InChI is InChI=1S/C14H28N2O5/c1-10(8-20-14(4,5)7-12(18)19)16-11(17)6-13(2,3)21-9-15/h10H,6-9,15H2,1-5H3,(H,16,17)(H,18,19). The summed E-state index contributed by atoms with van der Waals surface area (Å²) in [7, 11) is 0. The van der Waals surface area contributed by atoms with Crippen molar-refractivity contribution in [3.05, 3.63) is 0 Å². The summed E-state index contributed by atoms with van der Waals surface area (Å²) in [5, 5.41) is 11.6. The minimum atomic E-state index is -0.919. The third-order valence-electron chi connectivity index (χ3n) is 2.77. The maximum Gasteiger partial charge on any atom is 0.306 e.